The second-order valence-corrected chi connectivity index (χ2v) is 10.1. The molecule has 0 atom stereocenters. The van der Waals surface area contributed by atoms with Crippen LogP contribution in [0.2, 0.25) is 0 Å². The molecule has 0 amide bonds. The predicted octanol–water partition coefficient (Wildman–Crippen LogP) is 0.496. The molecular weight excluding hydrogens is 472 g/mol. The first-order valence-corrected chi connectivity index (χ1v) is 11.5. The minimum atomic E-state index is -5.34. The Labute approximate surface area is 172 Å². The largest absolute Gasteiger partial charge is 0.432 e. The van der Waals surface area contributed by atoms with Gasteiger partial charge in [-0.25, -0.2) is 26.0 Å². The number of anilines is 1. The van der Waals surface area contributed by atoms with Gasteiger partial charge in [0.25, 0.3) is 5.56 Å². The van der Waals surface area contributed by atoms with Gasteiger partial charge in [-0.15, -0.1) is 0 Å². The average Bonchev–Trinajstić information content (AvgIpc) is 2.55. The topological polar surface area (TPSA) is 150 Å². The van der Waals surface area contributed by atoms with Gasteiger partial charge in [0, 0.05) is 12.6 Å². The van der Waals surface area contributed by atoms with Gasteiger partial charge in [-0.2, -0.15) is 22.1 Å². The second kappa shape index (κ2) is 7.50. The number of alkyl halides is 3. The summed E-state index contributed by atoms with van der Waals surface area (Å²) in [6.07, 6.45) is -4.48. The van der Waals surface area contributed by atoms with E-state index in [4.69, 9.17) is 0 Å². The normalized spacial score (nSPS) is 12.5. The summed E-state index contributed by atoms with van der Waals surface area (Å²) in [4.78, 5) is 25.4. The molecule has 31 heavy (non-hydrogen) atoms. The highest BCUT2D eigenvalue weighted by molar-refractivity contribution is 8.09. The Kier molecular flexibility index (Phi) is 5.82. The lowest BCUT2D eigenvalue weighted by molar-refractivity contribution is -0.143. The summed E-state index contributed by atoms with van der Waals surface area (Å²) in [5.41, 5.74) is -9.48. The molecule has 0 unspecified atom stereocenters. The molecule has 10 nitrogen and oxygen atoms in total. The first kappa shape index (κ1) is 24.1. The van der Waals surface area contributed by atoms with Gasteiger partial charge in [0.05, 0.1) is 29.3 Å². The maximum atomic E-state index is 14.7. The van der Waals surface area contributed by atoms with Crippen molar-refractivity contribution in [1.82, 2.24) is 9.55 Å². The molecule has 1 aromatic heterocycles. The van der Waals surface area contributed by atoms with Crippen molar-refractivity contribution >= 4 is 25.7 Å². The standard InChI is InChI=1S/C15H12F4N4O6S2/c1-22-12(15(17,18)19)11(13(24)21-14(22)25)8-5-10(7(6-20)4-9(8)16)23(30(2,26)27)31(3,28)29/h4-5H,1-3H3,(H,21,24,25). The van der Waals surface area contributed by atoms with Crippen LogP contribution >= 0.6 is 0 Å². The number of benzene rings is 1. The number of nitrogens with zero attached hydrogens (tertiary/aromatic N) is 3. The van der Waals surface area contributed by atoms with Crippen LogP contribution in [0.4, 0.5) is 23.2 Å². The number of aromatic nitrogens is 2. The molecule has 0 saturated carbocycles. The zero-order valence-corrected chi connectivity index (χ0v) is 17.4. The highest BCUT2D eigenvalue weighted by atomic mass is 32.3. The van der Waals surface area contributed by atoms with E-state index in [1.165, 1.54) is 6.07 Å². The van der Waals surface area contributed by atoms with Gasteiger partial charge in [0.15, 0.2) is 0 Å². The first-order chi connectivity index (χ1) is 13.9. The van der Waals surface area contributed by atoms with E-state index in [0.717, 1.165) is 0 Å². The monoisotopic (exact) mass is 484 g/mol. The van der Waals surface area contributed by atoms with Crippen LogP contribution < -0.4 is 15.0 Å². The zero-order chi connectivity index (χ0) is 24.1. The zero-order valence-electron chi connectivity index (χ0n) is 15.8. The number of halogens is 4. The van der Waals surface area contributed by atoms with Crippen molar-refractivity contribution in [3.63, 3.8) is 0 Å². The summed E-state index contributed by atoms with van der Waals surface area (Å²) in [6.45, 7) is 0. The molecule has 0 bridgehead atoms. The van der Waals surface area contributed by atoms with E-state index in [1.807, 2.05) is 0 Å². The summed E-state index contributed by atoms with van der Waals surface area (Å²) >= 11 is 0. The maximum absolute atomic E-state index is 14.7. The molecular formula is C15H12F4N4O6S2. The van der Waals surface area contributed by atoms with Gasteiger partial charge in [0.2, 0.25) is 20.0 Å². The number of nitrogens with one attached hydrogen (secondary N) is 1. The number of rotatable bonds is 4. The lowest BCUT2D eigenvalue weighted by Crippen LogP contribution is -2.37. The fourth-order valence-corrected chi connectivity index (χ4v) is 5.78. The van der Waals surface area contributed by atoms with E-state index >= 15 is 0 Å². The summed E-state index contributed by atoms with van der Waals surface area (Å²) in [7, 11) is -8.71. The van der Waals surface area contributed by atoms with Crippen molar-refractivity contribution in [3.05, 3.63) is 50.0 Å². The van der Waals surface area contributed by atoms with Gasteiger partial charge >= 0.3 is 11.9 Å². The number of H-pyrrole nitrogens is 1. The Morgan fingerprint density at radius 1 is 1.10 bits per heavy atom. The highest BCUT2D eigenvalue weighted by Crippen LogP contribution is 2.38. The van der Waals surface area contributed by atoms with Crippen LogP contribution in [0.15, 0.2) is 21.7 Å². The molecule has 16 heteroatoms. The minimum absolute atomic E-state index is 0.0149. The van der Waals surface area contributed by atoms with Crippen LogP contribution in [-0.4, -0.2) is 38.9 Å². The van der Waals surface area contributed by atoms with E-state index < -0.39 is 71.4 Å². The summed E-state index contributed by atoms with van der Waals surface area (Å²) in [5.74, 6) is -1.57. The number of nitriles is 1. The van der Waals surface area contributed by atoms with Crippen LogP contribution in [0.1, 0.15) is 11.3 Å². The number of hydrogen-bond acceptors (Lipinski definition) is 7. The summed E-state index contributed by atoms with van der Waals surface area (Å²) in [6, 6.07) is 1.93. The molecule has 0 spiro atoms. The molecule has 0 saturated heterocycles. The van der Waals surface area contributed by atoms with Crippen molar-refractivity contribution in [2.45, 2.75) is 6.18 Å². The van der Waals surface area contributed by atoms with Crippen molar-refractivity contribution in [2.75, 3.05) is 16.2 Å². The van der Waals surface area contributed by atoms with Crippen molar-refractivity contribution in [2.24, 2.45) is 7.05 Å². The average molecular weight is 484 g/mol. The molecule has 0 aliphatic carbocycles. The quantitative estimate of drug-likeness (QED) is 0.621. The van der Waals surface area contributed by atoms with Crippen molar-refractivity contribution in [3.8, 4) is 17.2 Å². The lowest BCUT2D eigenvalue weighted by Gasteiger charge is -2.22. The molecule has 1 heterocycles. The van der Waals surface area contributed by atoms with Crippen molar-refractivity contribution in [1.29, 1.82) is 5.26 Å². The molecule has 1 aromatic carbocycles. The van der Waals surface area contributed by atoms with E-state index in [-0.39, 0.29) is 14.3 Å². The van der Waals surface area contributed by atoms with Gasteiger partial charge < -0.3 is 0 Å². The second-order valence-electron chi connectivity index (χ2n) is 6.22. The third-order valence-corrected chi connectivity index (χ3v) is 7.09. The van der Waals surface area contributed by atoms with Crippen LogP contribution in [-0.2, 0) is 33.3 Å². The van der Waals surface area contributed by atoms with E-state index in [1.54, 1.807) is 4.98 Å². The Morgan fingerprint density at radius 3 is 2.03 bits per heavy atom. The Morgan fingerprint density at radius 2 is 1.61 bits per heavy atom. The number of hydrogen-bond donors (Lipinski definition) is 1. The minimum Gasteiger partial charge on any atom is -0.292 e. The van der Waals surface area contributed by atoms with E-state index in [0.29, 0.717) is 25.6 Å². The van der Waals surface area contributed by atoms with Gasteiger partial charge in [0.1, 0.15) is 17.6 Å². The lowest BCUT2D eigenvalue weighted by atomic mass is 10.0. The maximum Gasteiger partial charge on any atom is 0.432 e. The molecule has 1 N–H and O–H groups in total. The fourth-order valence-electron chi connectivity index (χ4n) is 2.80. The third kappa shape index (κ3) is 4.46. The molecule has 0 aliphatic rings. The van der Waals surface area contributed by atoms with Gasteiger partial charge in [-0.1, -0.05) is 0 Å². The molecule has 168 valence electrons. The Balaban J connectivity index is 3.15. The van der Waals surface area contributed by atoms with Gasteiger partial charge in [-0.3, -0.25) is 14.3 Å². The fraction of sp³-hybridized carbons (Fsp3) is 0.267. The Hall–Kier alpha value is -3.19. The van der Waals surface area contributed by atoms with Crippen LogP contribution in [0.3, 0.4) is 0 Å². The predicted molar refractivity (Wildman–Crippen MR) is 99.6 cm³/mol. The molecule has 0 fully saturated rings. The summed E-state index contributed by atoms with van der Waals surface area (Å²) < 4.78 is 103. The number of sulfonamides is 2. The molecule has 2 aromatic rings. The van der Waals surface area contributed by atoms with Crippen LogP contribution in [0.25, 0.3) is 11.1 Å². The SMILES string of the molecule is Cn1c(C(F)(F)F)c(-c2cc(N(S(C)(=O)=O)S(C)(=O)=O)c(C#N)cc2F)c(=O)[nH]c1=O. The molecule has 0 aliphatic heterocycles. The third-order valence-electron chi connectivity index (χ3n) is 3.87. The van der Waals surface area contributed by atoms with E-state index in [9.17, 15) is 49.2 Å². The molecule has 2 rings (SSSR count). The van der Waals surface area contributed by atoms with Crippen LogP contribution in [0, 0.1) is 17.1 Å². The highest BCUT2D eigenvalue weighted by Gasteiger charge is 2.40. The van der Waals surface area contributed by atoms with Gasteiger partial charge in [-0.05, 0) is 12.1 Å². The first-order valence-electron chi connectivity index (χ1n) is 7.76. The Bertz CT molecular complexity index is 1420. The van der Waals surface area contributed by atoms with Crippen LogP contribution in [0.5, 0.6) is 0 Å². The van der Waals surface area contributed by atoms with Crippen molar-refractivity contribution < 1.29 is 34.4 Å². The smallest absolute Gasteiger partial charge is 0.292 e. The molecule has 0 radical (unpaired) electrons. The summed E-state index contributed by atoms with van der Waals surface area (Å²) in [5, 5.41) is 9.18. The van der Waals surface area contributed by atoms with E-state index in [2.05, 4.69) is 0 Å². The number of aromatic amines is 1.